The third-order valence-electron chi connectivity index (χ3n) is 3.05. The van der Waals surface area contributed by atoms with Gasteiger partial charge in [0, 0.05) is 16.8 Å². The van der Waals surface area contributed by atoms with Crippen molar-refractivity contribution in [3.05, 3.63) is 57.7 Å². The summed E-state index contributed by atoms with van der Waals surface area (Å²) >= 11 is 5.96. The number of nitrogens with one attached hydrogen (secondary N) is 1. The normalized spacial score (nSPS) is 11.7. The van der Waals surface area contributed by atoms with Crippen LogP contribution in [-0.4, -0.2) is 15.1 Å². The molecule has 2 heterocycles. The molecular formula is C14H7ClF3N3O2. The summed E-state index contributed by atoms with van der Waals surface area (Å²) in [7, 11) is 0. The molecule has 0 aliphatic rings. The fraction of sp³-hybridized carbons (Fsp3) is 0.0714. The van der Waals surface area contributed by atoms with E-state index in [9.17, 15) is 18.0 Å². The highest BCUT2D eigenvalue weighted by atomic mass is 35.5. The van der Waals surface area contributed by atoms with Crippen LogP contribution in [0, 0.1) is 0 Å². The van der Waals surface area contributed by atoms with Gasteiger partial charge in [-0.1, -0.05) is 17.7 Å². The summed E-state index contributed by atoms with van der Waals surface area (Å²) in [4.78, 5) is 18.4. The van der Waals surface area contributed by atoms with Crippen LogP contribution >= 0.6 is 11.6 Å². The van der Waals surface area contributed by atoms with Crippen molar-refractivity contribution in [2.75, 3.05) is 0 Å². The monoisotopic (exact) mass is 341 g/mol. The number of rotatable bonds is 2. The molecule has 0 spiro atoms. The standard InChI is InChI=1S/C14H7ClF3N3O2/c15-9-3-1-2-8(14(16,17)18)11(9)7-4-5-19-10(6-7)12-20-13(22)23-21-12/h1-6H,(H,20,21,22). The number of aromatic nitrogens is 3. The maximum absolute atomic E-state index is 13.2. The van der Waals surface area contributed by atoms with Crippen LogP contribution in [0.15, 0.2) is 45.8 Å². The van der Waals surface area contributed by atoms with Crippen LogP contribution < -0.4 is 5.76 Å². The van der Waals surface area contributed by atoms with Gasteiger partial charge in [0.25, 0.3) is 0 Å². The Hall–Kier alpha value is -2.61. The van der Waals surface area contributed by atoms with Gasteiger partial charge in [-0.25, -0.2) is 4.79 Å². The molecule has 0 aliphatic carbocycles. The molecular weight excluding hydrogens is 335 g/mol. The van der Waals surface area contributed by atoms with E-state index in [0.29, 0.717) is 0 Å². The third-order valence-corrected chi connectivity index (χ3v) is 3.36. The van der Waals surface area contributed by atoms with Crippen molar-refractivity contribution < 1.29 is 17.7 Å². The number of halogens is 4. The first kappa shape index (κ1) is 15.3. The molecule has 9 heteroatoms. The number of H-pyrrole nitrogens is 1. The smallest absolute Gasteiger partial charge is 0.321 e. The SMILES string of the molecule is O=c1nc(-c2cc(-c3c(Cl)cccc3C(F)(F)F)ccn2)[nH]o1. The Morgan fingerprint density at radius 1 is 1.22 bits per heavy atom. The van der Waals surface area contributed by atoms with Crippen LogP contribution in [-0.2, 0) is 6.18 Å². The second-order valence-corrected chi connectivity index (χ2v) is 4.93. The minimum atomic E-state index is -4.56. The van der Waals surface area contributed by atoms with E-state index < -0.39 is 17.5 Å². The molecule has 23 heavy (non-hydrogen) atoms. The van der Waals surface area contributed by atoms with Crippen LogP contribution in [0.2, 0.25) is 5.02 Å². The van der Waals surface area contributed by atoms with Crippen LogP contribution in [0.4, 0.5) is 13.2 Å². The van der Waals surface area contributed by atoms with Gasteiger partial charge in [0.05, 0.1) is 5.56 Å². The average molecular weight is 342 g/mol. The number of alkyl halides is 3. The average Bonchev–Trinajstić information content (AvgIpc) is 2.93. The Morgan fingerprint density at radius 2 is 2.00 bits per heavy atom. The lowest BCUT2D eigenvalue weighted by Gasteiger charge is -2.14. The predicted molar refractivity (Wildman–Crippen MR) is 75.8 cm³/mol. The Balaban J connectivity index is 2.19. The van der Waals surface area contributed by atoms with Crippen LogP contribution in [0.5, 0.6) is 0 Å². The molecule has 0 bridgehead atoms. The zero-order valence-corrected chi connectivity index (χ0v) is 11.9. The van der Waals surface area contributed by atoms with Crippen molar-refractivity contribution in [1.29, 1.82) is 0 Å². The second-order valence-electron chi connectivity index (χ2n) is 4.52. The first-order valence-corrected chi connectivity index (χ1v) is 6.62. The molecule has 0 fully saturated rings. The van der Waals surface area contributed by atoms with E-state index in [4.69, 9.17) is 11.6 Å². The number of aromatic amines is 1. The Bertz CT molecular complexity index is 918. The predicted octanol–water partition coefficient (Wildman–Crippen LogP) is 3.76. The van der Waals surface area contributed by atoms with Crippen molar-refractivity contribution in [2.24, 2.45) is 0 Å². The van der Waals surface area contributed by atoms with E-state index in [-0.39, 0.29) is 27.7 Å². The Labute approximate surface area is 131 Å². The number of pyridine rings is 1. The van der Waals surface area contributed by atoms with Crippen molar-refractivity contribution in [3.8, 4) is 22.6 Å². The number of hydrogen-bond acceptors (Lipinski definition) is 4. The molecule has 0 atom stereocenters. The molecule has 0 radical (unpaired) electrons. The molecule has 0 saturated carbocycles. The molecule has 0 aliphatic heterocycles. The summed E-state index contributed by atoms with van der Waals surface area (Å²) < 4.78 is 44.0. The van der Waals surface area contributed by atoms with E-state index >= 15 is 0 Å². The first-order valence-electron chi connectivity index (χ1n) is 6.24. The van der Waals surface area contributed by atoms with E-state index in [1.807, 2.05) is 0 Å². The van der Waals surface area contributed by atoms with Crippen LogP contribution in [0.1, 0.15) is 5.56 Å². The lowest BCUT2D eigenvalue weighted by atomic mass is 9.99. The van der Waals surface area contributed by atoms with Crippen LogP contribution in [0.3, 0.4) is 0 Å². The molecule has 1 aromatic carbocycles. The lowest BCUT2D eigenvalue weighted by Crippen LogP contribution is -2.07. The molecule has 1 N–H and O–H groups in total. The summed E-state index contributed by atoms with van der Waals surface area (Å²) in [6.07, 6.45) is -3.27. The molecule has 0 saturated heterocycles. The van der Waals surface area contributed by atoms with E-state index in [1.165, 1.54) is 30.5 Å². The van der Waals surface area contributed by atoms with Gasteiger partial charge >= 0.3 is 11.9 Å². The molecule has 2 aromatic heterocycles. The highest BCUT2D eigenvalue weighted by Gasteiger charge is 2.34. The highest BCUT2D eigenvalue weighted by Crippen LogP contribution is 2.41. The van der Waals surface area contributed by atoms with Crippen molar-refractivity contribution >= 4 is 11.6 Å². The molecule has 0 unspecified atom stereocenters. The van der Waals surface area contributed by atoms with Gasteiger partial charge in [0.15, 0.2) is 5.82 Å². The Kier molecular flexibility index (Phi) is 3.69. The van der Waals surface area contributed by atoms with Crippen molar-refractivity contribution in [3.63, 3.8) is 0 Å². The van der Waals surface area contributed by atoms with Gasteiger partial charge in [-0.3, -0.25) is 4.98 Å². The molecule has 0 amide bonds. The van der Waals surface area contributed by atoms with E-state index in [1.54, 1.807) is 0 Å². The minimum Gasteiger partial charge on any atom is -0.321 e. The highest BCUT2D eigenvalue weighted by molar-refractivity contribution is 6.33. The molecule has 118 valence electrons. The topological polar surface area (TPSA) is 71.8 Å². The van der Waals surface area contributed by atoms with Gasteiger partial charge in [-0.2, -0.15) is 23.3 Å². The lowest BCUT2D eigenvalue weighted by molar-refractivity contribution is -0.137. The largest absolute Gasteiger partial charge is 0.460 e. The number of hydrogen-bond donors (Lipinski definition) is 1. The second kappa shape index (κ2) is 5.54. The molecule has 3 aromatic rings. The zero-order chi connectivity index (χ0) is 16.6. The van der Waals surface area contributed by atoms with Gasteiger partial charge in [-0.15, -0.1) is 0 Å². The summed E-state index contributed by atoms with van der Waals surface area (Å²) in [5, 5.41) is 2.19. The molecule has 5 nitrogen and oxygen atoms in total. The third kappa shape index (κ3) is 2.98. The maximum atomic E-state index is 13.2. The van der Waals surface area contributed by atoms with E-state index in [2.05, 4.69) is 19.6 Å². The van der Waals surface area contributed by atoms with Gasteiger partial charge in [0.2, 0.25) is 0 Å². The van der Waals surface area contributed by atoms with Gasteiger partial charge < -0.3 is 4.52 Å². The maximum Gasteiger partial charge on any atom is 0.460 e. The minimum absolute atomic E-state index is 0.0115. The number of nitrogens with zero attached hydrogens (tertiary/aromatic N) is 2. The van der Waals surface area contributed by atoms with Crippen molar-refractivity contribution in [1.82, 2.24) is 15.1 Å². The fourth-order valence-corrected chi connectivity index (χ4v) is 2.39. The zero-order valence-electron chi connectivity index (χ0n) is 11.2. The quantitative estimate of drug-likeness (QED) is 0.770. The van der Waals surface area contributed by atoms with Gasteiger partial charge in [-0.05, 0) is 29.8 Å². The van der Waals surface area contributed by atoms with Crippen molar-refractivity contribution in [2.45, 2.75) is 6.18 Å². The Morgan fingerprint density at radius 3 is 2.65 bits per heavy atom. The molecule has 3 rings (SSSR count). The summed E-state index contributed by atoms with van der Waals surface area (Å²) in [5.41, 5.74) is -0.690. The summed E-state index contributed by atoms with van der Waals surface area (Å²) in [5.74, 6) is -0.849. The van der Waals surface area contributed by atoms with Crippen LogP contribution in [0.25, 0.3) is 22.6 Å². The fourth-order valence-electron chi connectivity index (χ4n) is 2.11. The number of benzene rings is 1. The van der Waals surface area contributed by atoms with E-state index in [0.717, 1.165) is 6.07 Å². The first-order chi connectivity index (χ1) is 10.9. The van der Waals surface area contributed by atoms with Gasteiger partial charge in [0.1, 0.15) is 5.69 Å². The summed E-state index contributed by atoms with van der Waals surface area (Å²) in [6, 6.07) is 6.26. The summed E-state index contributed by atoms with van der Waals surface area (Å²) in [6.45, 7) is 0.